The second-order valence-corrected chi connectivity index (χ2v) is 6.62. The van der Waals surface area contributed by atoms with Crippen LogP contribution < -0.4 is 5.56 Å². The molecular formula is C16H13BrN2O3S. The number of carbonyl (C=O) groups excluding carboxylic acids is 1. The van der Waals surface area contributed by atoms with Gasteiger partial charge in [-0.3, -0.25) is 9.59 Å². The number of halogens is 1. The minimum Gasteiger partial charge on any atom is -0.468 e. The van der Waals surface area contributed by atoms with E-state index in [9.17, 15) is 14.9 Å². The number of esters is 1. The molecule has 0 radical (unpaired) electrons. The zero-order valence-corrected chi connectivity index (χ0v) is 14.9. The van der Waals surface area contributed by atoms with E-state index in [0.29, 0.717) is 11.3 Å². The van der Waals surface area contributed by atoms with Crippen LogP contribution in [0, 0.1) is 18.3 Å². The Bertz CT molecular complexity index is 855. The van der Waals surface area contributed by atoms with Crippen molar-refractivity contribution in [2.75, 3.05) is 12.9 Å². The molecule has 2 aromatic rings. The minimum absolute atomic E-state index is 0.0536. The van der Waals surface area contributed by atoms with E-state index in [1.54, 1.807) is 13.0 Å². The first-order chi connectivity index (χ1) is 11.0. The number of ether oxygens (including phenoxy) is 1. The van der Waals surface area contributed by atoms with E-state index in [0.717, 1.165) is 14.9 Å². The van der Waals surface area contributed by atoms with Gasteiger partial charge in [-0.1, -0.05) is 22.0 Å². The van der Waals surface area contributed by atoms with Gasteiger partial charge in [0, 0.05) is 20.6 Å². The van der Waals surface area contributed by atoms with Crippen LogP contribution in [-0.4, -0.2) is 23.8 Å². The van der Waals surface area contributed by atoms with Gasteiger partial charge in [0.2, 0.25) is 0 Å². The molecule has 0 bridgehead atoms. The Morgan fingerprint density at radius 1 is 1.39 bits per heavy atom. The molecule has 0 unspecified atom stereocenters. The number of aromatic nitrogens is 1. The molecule has 1 aromatic carbocycles. The zero-order chi connectivity index (χ0) is 17.0. The predicted octanol–water partition coefficient (Wildman–Crippen LogP) is 3.25. The van der Waals surface area contributed by atoms with Crippen molar-refractivity contribution >= 4 is 33.7 Å². The summed E-state index contributed by atoms with van der Waals surface area (Å²) in [5, 5.41) is 9.29. The maximum Gasteiger partial charge on any atom is 0.315 e. The first kappa shape index (κ1) is 17.3. The van der Waals surface area contributed by atoms with E-state index in [2.05, 4.69) is 25.7 Å². The SMILES string of the molecule is COC(=O)CSc1cc(Br)ccc1-c1cc(C)[nH]c(=O)c1C#N. The number of aromatic amines is 1. The van der Waals surface area contributed by atoms with Crippen LogP contribution in [0.2, 0.25) is 0 Å². The maximum absolute atomic E-state index is 12.0. The van der Waals surface area contributed by atoms with Crippen LogP contribution in [0.5, 0.6) is 0 Å². The predicted molar refractivity (Wildman–Crippen MR) is 92.4 cm³/mol. The van der Waals surface area contributed by atoms with Crippen LogP contribution in [0.25, 0.3) is 11.1 Å². The molecule has 0 aliphatic rings. The number of hydrogen-bond acceptors (Lipinski definition) is 5. The van der Waals surface area contributed by atoms with Crippen LogP contribution in [0.3, 0.4) is 0 Å². The van der Waals surface area contributed by atoms with Gasteiger partial charge in [0.05, 0.1) is 12.9 Å². The number of thioether (sulfide) groups is 1. The van der Waals surface area contributed by atoms with Crippen LogP contribution in [0.1, 0.15) is 11.3 Å². The van der Waals surface area contributed by atoms with Crippen molar-refractivity contribution in [1.29, 1.82) is 5.26 Å². The first-order valence-corrected chi connectivity index (χ1v) is 8.37. The second-order valence-electron chi connectivity index (χ2n) is 4.69. The van der Waals surface area contributed by atoms with Gasteiger partial charge >= 0.3 is 5.97 Å². The monoisotopic (exact) mass is 392 g/mol. The number of benzene rings is 1. The van der Waals surface area contributed by atoms with Crippen molar-refractivity contribution in [3.8, 4) is 17.2 Å². The number of nitrogens with zero attached hydrogens (tertiary/aromatic N) is 1. The molecule has 0 saturated carbocycles. The quantitative estimate of drug-likeness (QED) is 0.637. The Morgan fingerprint density at radius 3 is 2.78 bits per heavy atom. The molecule has 0 atom stereocenters. The Kier molecular flexibility index (Phi) is 5.64. The number of nitriles is 1. The Morgan fingerprint density at radius 2 is 2.13 bits per heavy atom. The molecule has 0 fully saturated rings. The molecule has 0 aliphatic heterocycles. The van der Waals surface area contributed by atoms with Crippen molar-refractivity contribution in [3.63, 3.8) is 0 Å². The molecule has 0 amide bonds. The largest absolute Gasteiger partial charge is 0.468 e. The second kappa shape index (κ2) is 7.49. The van der Waals surface area contributed by atoms with E-state index < -0.39 is 5.56 Å². The summed E-state index contributed by atoms with van der Waals surface area (Å²) in [7, 11) is 1.33. The Balaban J connectivity index is 2.58. The number of methoxy groups -OCH3 is 1. The van der Waals surface area contributed by atoms with Crippen LogP contribution in [0.15, 0.2) is 38.4 Å². The summed E-state index contributed by atoms with van der Waals surface area (Å²) in [5.74, 6) is -0.201. The highest BCUT2D eigenvalue weighted by atomic mass is 79.9. The fourth-order valence-corrected chi connectivity index (χ4v) is 3.49. The van der Waals surface area contributed by atoms with E-state index in [1.807, 2.05) is 24.3 Å². The third kappa shape index (κ3) is 4.03. The van der Waals surface area contributed by atoms with Gasteiger partial charge in [-0.15, -0.1) is 11.8 Å². The highest BCUT2D eigenvalue weighted by molar-refractivity contribution is 9.10. The number of pyridine rings is 1. The van der Waals surface area contributed by atoms with Crippen molar-refractivity contribution < 1.29 is 9.53 Å². The van der Waals surface area contributed by atoms with Gasteiger partial charge in [0.25, 0.3) is 5.56 Å². The Labute approximate surface area is 145 Å². The lowest BCUT2D eigenvalue weighted by Gasteiger charge is -2.11. The lowest BCUT2D eigenvalue weighted by molar-refractivity contribution is -0.137. The fourth-order valence-electron chi connectivity index (χ4n) is 2.05. The summed E-state index contributed by atoms with van der Waals surface area (Å²) in [6, 6.07) is 9.20. The molecule has 118 valence electrons. The normalized spacial score (nSPS) is 10.2. The average molecular weight is 393 g/mol. The van der Waals surface area contributed by atoms with Crippen molar-refractivity contribution in [2.24, 2.45) is 0 Å². The summed E-state index contributed by atoms with van der Waals surface area (Å²) in [5.41, 5.74) is 1.57. The van der Waals surface area contributed by atoms with Gasteiger partial charge in [-0.2, -0.15) is 5.26 Å². The molecule has 7 heteroatoms. The minimum atomic E-state index is -0.422. The summed E-state index contributed by atoms with van der Waals surface area (Å²) < 4.78 is 5.49. The first-order valence-electron chi connectivity index (χ1n) is 6.59. The van der Waals surface area contributed by atoms with Crippen molar-refractivity contribution in [3.05, 3.63) is 50.3 Å². The molecule has 1 aromatic heterocycles. The molecular weight excluding hydrogens is 380 g/mol. The highest BCUT2D eigenvalue weighted by Crippen LogP contribution is 2.35. The zero-order valence-electron chi connectivity index (χ0n) is 12.5. The standard InChI is InChI=1S/C16H13BrN2O3S/c1-9-5-12(13(7-18)16(21)19-9)11-4-3-10(17)6-14(11)23-8-15(20)22-2/h3-6H,8H2,1-2H3,(H,19,21). The number of H-pyrrole nitrogens is 1. The van der Waals surface area contributed by atoms with Crippen molar-refractivity contribution in [1.82, 2.24) is 4.98 Å². The number of aryl methyl sites for hydroxylation is 1. The molecule has 0 saturated heterocycles. The molecule has 0 aliphatic carbocycles. The molecule has 1 heterocycles. The third-order valence-electron chi connectivity index (χ3n) is 3.09. The molecule has 5 nitrogen and oxygen atoms in total. The van der Waals surface area contributed by atoms with Gasteiger partial charge in [0.1, 0.15) is 11.6 Å². The lowest BCUT2D eigenvalue weighted by Crippen LogP contribution is -2.13. The number of hydrogen-bond donors (Lipinski definition) is 1. The fraction of sp³-hybridized carbons (Fsp3) is 0.188. The van der Waals surface area contributed by atoms with Crippen LogP contribution in [-0.2, 0) is 9.53 Å². The smallest absolute Gasteiger partial charge is 0.315 e. The van der Waals surface area contributed by atoms with E-state index in [1.165, 1.54) is 18.9 Å². The van der Waals surface area contributed by atoms with E-state index >= 15 is 0 Å². The van der Waals surface area contributed by atoms with Gasteiger partial charge in [0.15, 0.2) is 0 Å². The van der Waals surface area contributed by atoms with Crippen molar-refractivity contribution in [2.45, 2.75) is 11.8 Å². The molecule has 2 rings (SSSR count). The van der Waals surface area contributed by atoms with Gasteiger partial charge in [-0.05, 0) is 30.7 Å². The molecule has 1 N–H and O–H groups in total. The summed E-state index contributed by atoms with van der Waals surface area (Å²) in [4.78, 5) is 26.8. The summed E-state index contributed by atoms with van der Waals surface area (Å²) in [6.07, 6.45) is 0. The Hall–Kier alpha value is -2.04. The number of rotatable bonds is 4. The van der Waals surface area contributed by atoms with Crippen LogP contribution in [0.4, 0.5) is 0 Å². The van der Waals surface area contributed by atoms with Gasteiger partial charge in [-0.25, -0.2) is 0 Å². The maximum atomic E-state index is 12.0. The highest BCUT2D eigenvalue weighted by Gasteiger charge is 2.15. The lowest BCUT2D eigenvalue weighted by atomic mass is 10.0. The summed E-state index contributed by atoms with van der Waals surface area (Å²) in [6.45, 7) is 1.76. The molecule has 23 heavy (non-hydrogen) atoms. The summed E-state index contributed by atoms with van der Waals surface area (Å²) >= 11 is 4.69. The number of carbonyl (C=O) groups is 1. The van der Waals surface area contributed by atoms with E-state index in [4.69, 9.17) is 0 Å². The van der Waals surface area contributed by atoms with Crippen LogP contribution >= 0.6 is 27.7 Å². The number of nitrogens with one attached hydrogen (secondary N) is 1. The van der Waals surface area contributed by atoms with Gasteiger partial charge < -0.3 is 9.72 Å². The topological polar surface area (TPSA) is 83.0 Å². The average Bonchev–Trinajstić information content (AvgIpc) is 2.52. The van der Waals surface area contributed by atoms with E-state index in [-0.39, 0.29) is 17.3 Å². The third-order valence-corrected chi connectivity index (χ3v) is 4.61. The molecule has 0 spiro atoms.